The Morgan fingerprint density at radius 1 is 0.517 bits per heavy atom. The maximum Gasteiger partial charge on any atom is 0.472 e. The second-order valence-electron chi connectivity index (χ2n) is 16.7. The Labute approximate surface area is 359 Å². The van der Waals surface area contributed by atoms with Crippen LogP contribution in [0.25, 0.3) is 0 Å². The number of esters is 1. The predicted octanol–water partition coefficient (Wildman–Crippen LogP) is 15.2. The zero-order valence-electron chi connectivity index (χ0n) is 38.3. The van der Waals surface area contributed by atoms with E-state index in [-0.39, 0.29) is 32.3 Å². The summed E-state index contributed by atoms with van der Waals surface area (Å²) in [6.07, 6.45) is 53.7. The number of carbonyl (C=O) groups is 1. The van der Waals surface area contributed by atoms with Crippen LogP contribution in [-0.2, 0) is 27.9 Å². The van der Waals surface area contributed by atoms with E-state index >= 15 is 0 Å². The first-order chi connectivity index (χ1) is 28.4. The third-order valence-corrected chi connectivity index (χ3v) is 11.8. The predicted molar refractivity (Wildman–Crippen MR) is 247 cm³/mol. The Hall–Kier alpha value is -1.02. The first-order valence-electron chi connectivity index (χ1n) is 24.8. The lowest BCUT2D eigenvalue weighted by atomic mass is 10.0. The van der Waals surface area contributed by atoms with Gasteiger partial charge in [0.25, 0.3) is 0 Å². The lowest BCUT2D eigenvalue weighted by molar-refractivity contribution is -0.154. The van der Waals surface area contributed by atoms with Crippen molar-refractivity contribution in [1.29, 1.82) is 0 Å². The number of phosphoric ester groups is 1. The minimum absolute atomic E-state index is 0.0962. The van der Waals surface area contributed by atoms with Crippen molar-refractivity contribution in [1.82, 2.24) is 0 Å². The molecular formula is C49H96NO7P. The molecule has 9 heteroatoms. The van der Waals surface area contributed by atoms with Crippen molar-refractivity contribution in [3.05, 3.63) is 24.3 Å². The fourth-order valence-electron chi connectivity index (χ4n) is 7.21. The molecule has 0 spiro atoms. The molecule has 58 heavy (non-hydrogen) atoms. The van der Waals surface area contributed by atoms with Crippen molar-refractivity contribution in [2.75, 3.05) is 33.0 Å². The molecule has 0 fully saturated rings. The monoisotopic (exact) mass is 842 g/mol. The van der Waals surface area contributed by atoms with Gasteiger partial charge in [0.05, 0.1) is 19.8 Å². The van der Waals surface area contributed by atoms with Gasteiger partial charge in [-0.15, -0.1) is 0 Å². The van der Waals surface area contributed by atoms with E-state index in [1.807, 2.05) is 0 Å². The van der Waals surface area contributed by atoms with Crippen LogP contribution < -0.4 is 5.73 Å². The molecule has 3 N–H and O–H groups in total. The van der Waals surface area contributed by atoms with Gasteiger partial charge in [-0.2, -0.15) is 0 Å². The number of nitrogens with two attached hydrogens (primary N) is 1. The average Bonchev–Trinajstić information content (AvgIpc) is 3.21. The fourth-order valence-corrected chi connectivity index (χ4v) is 7.98. The van der Waals surface area contributed by atoms with Gasteiger partial charge in [-0.1, -0.05) is 224 Å². The summed E-state index contributed by atoms with van der Waals surface area (Å²) in [4.78, 5) is 22.5. The SMILES string of the molecule is CCC/C=C\C/C=C\CCCCCCCC(=O)OC(COCCCCCCCCCCCCCCCCCCCCCCCCCCCC)COP(=O)(O)OCCN. The minimum Gasteiger partial charge on any atom is -0.457 e. The second kappa shape index (κ2) is 47.0. The summed E-state index contributed by atoms with van der Waals surface area (Å²) in [6, 6.07) is 0. The number of allylic oxidation sites excluding steroid dienone is 4. The lowest BCUT2D eigenvalue weighted by Gasteiger charge is -2.20. The number of hydrogen-bond acceptors (Lipinski definition) is 7. The Morgan fingerprint density at radius 3 is 1.41 bits per heavy atom. The summed E-state index contributed by atoms with van der Waals surface area (Å²) >= 11 is 0. The largest absolute Gasteiger partial charge is 0.472 e. The second-order valence-corrected chi connectivity index (χ2v) is 18.1. The van der Waals surface area contributed by atoms with Gasteiger partial charge in [0.1, 0.15) is 6.10 Å². The molecule has 2 atom stereocenters. The van der Waals surface area contributed by atoms with Gasteiger partial charge in [0, 0.05) is 19.6 Å². The van der Waals surface area contributed by atoms with Crippen molar-refractivity contribution < 1.29 is 32.8 Å². The van der Waals surface area contributed by atoms with Crippen LogP contribution in [0.2, 0.25) is 0 Å². The van der Waals surface area contributed by atoms with E-state index in [1.165, 1.54) is 161 Å². The maximum atomic E-state index is 12.6. The van der Waals surface area contributed by atoms with E-state index in [1.54, 1.807) is 0 Å². The van der Waals surface area contributed by atoms with Crippen molar-refractivity contribution in [2.45, 2.75) is 251 Å². The molecule has 0 heterocycles. The number of hydrogen-bond donors (Lipinski definition) is 2. The molecule has 0 saturated carbocycles. The van der Waals surface area contributed by atoms with Crippen LogP contribution in [0.1, 0.15) is 245 Å². The smallest absolute Gasteiger partial charge is 0.457 e. The Balaban J connectivity index is 3.83. The molecule has 0 amide bonds. The van der Waals surface area contributed by atoms with Gasteiger partial charge in [0.2, 0.25) is 0 Å². The molecule has 0 bridgehead atoms. The fraction of sp³-hybridized carbons (Fsp3) is 0.898. The van der Waals surface area contributed by atoms with Crippen molar-refractivity contribution in [3.8, 4) is 0 Å². The number of carbonyl (C=O) groups excluding carboxylic acids is 1. The van der Waals surface area contributed by atoms with Crippen LogP contribution in [0, 0.1) is 0 Å². The molecular weight excluding hydrogens is 746 g/mol. The Kier molecular flexibility index (Phi) is 46.2. The first kappa shape index (κ1) is 57.0. The van der Waals surface area contributed by atoms with Gasteiger partial charge in [-0.05, 0) is 38.5 Å². The summed E-state index contributed by atoms with van der Waals surface area (Å²) in [5, 5.41) is 0. The highest BCUT2D eigenvalue weighted by Gasteiger charge is 2.25. The Morgan fingerprint density at radius 2 is 0.948 bits per heavy atom. The molecule has 0 rings (SSSR count). The molecule has 2 unspecified atom stereocenters. The molecule has 0 aliphatic heterocycles. The highest BCUT2D eigenvalue weighted by molar-refractivity contribution is 7.47. The topological polar surface area (TPSA) is 117 Å². The normalized spacial score (nSPS) is 13.5. The quantitative estimate of drug-likeness (QED) is 0.0269. The molecule has 0 aliphatic carbocycles. The summed E-state index contributed by atoms with van der Waals surface area (Å²) in [5.74, 6) is -0.341. The minimum atomic E-state index is -4.28. The summed E-state index contributed by atoms with van der Waals surface area (Å²) in [6.45, 7) is 4.88. The molecule has 8 nitrogen and oxygen atoms in total. The summed E-state index contributed by atoms with van der Waals surface area (Å²) in [7, 11) is -4.28. The molecule has 0 aliphatic rings. The zero-order chi connectivity index (χ0) is 42.3. The summed E-state index contributed by atoms with van der Waals surface area (Å²) < 4.78 is 33.5. The van der Waals surface area contributed by atoms with E-state index in [2.05, 4.69) is 38.2 Å². The van der Waals surface area contributed by atoms with E-state index in [0.717, 1.165) is 64.2 Å². The molecule has 0 saturated heterocycles. The van der Waals surface area contributed by atoms with Crippen molar-refractivity contribution in [3.63, 3.8) is 0 Å². The first-order valence-corrected chi connectivity index (χ1v) is 26.3. The third-order valence-electron chi connectivity index (χ3n) is 10.9. The van der Waals surface area contributed by atoms with Crippen LogP contribution in [0.5, 0.6) is 0 Å². The molecule has 0 aromatic carbocycles. The number of unbranched alkanes of at least 4 members (excludes halogenated alkanes) is 31. The maximum absolute atomic E-state index is 12.6. The number of rotatable bonds is 48. The van der Waals surface area contributed by atoms with E-state index in [4.69, 9.17) is 24.3 Å². The van der Waals surface area contributed by atoms with Crippen molar-refractivity contribution in [2.24, 2.45) is 5.73 Å². The highest BCUT2D eigenvalue weighted by atomic mass is 31.2. The van der Waals surface area contributed by atoms with Gasteiger partial charge < -0.3 is 20.1 Å². The van der Waals surface area contributed by atoms with Gasteiger partial charge in [0.15, 0.2) is 0 Å². The highest BCUT2D eigenvalue weighted by Crippen LogP contribution is 2.43. The van der Waals surface area contributed by atoms with E-state index < -0.39 is 13.9 Å². The Bertz CT molecular complexity index is 946. The van der Waals surface area contributed by atoms with Gasteiger partial charge >= 0.3 is 13.8 Å². The average molecular weight is 842 g/mol. The van der Waals surface area contributed by atoms with Crippen LogP contribution in [0.15, 0.2) is 24.3 Å². The zero-order valence-corrected chi connectivity index (χ0v) is 39.2. The standard InChI is InChI=1S/C49H96NO7P/c1-3-5-7-9-11-13-15-17-18-19-20-21-22-23-24-25-26-27-28-29-31-33-35-37-39-41-44-54-46-48(47-56-58(52,53)55-45-43-50)57-49(51)42-40-38-36-34-32-30-16-14-12-10-8-6-4-2/h8,10,14,16,48H,3-7,9,11-13,15,17-47,50H2,1-2H3,(H,52,53)/b10-8-,16-14-. The molecule has 0 radical (unpaired) electrons. The number of phosphoric acid groups is 1. The van der Waals surface area contributed by atoms with E-state index in [9.17, 15) is 14.3 Å². The van der Waals surface area contributed by atoms with Gasteiger partial charge in [-0.3, -0.25) is 13.8 Å². The number of ether oxygens (including phenoxy) is 2. The van der Waals surface area contributed by atoms with Gasteiger partial charge in [-0.25, -0.2) is 4.57 Å². The van der Waals surface area contributed by atoms with Crippen LogP contribution >= 0.6 is 7.82 Å². The van der Waals surface area contributed by atoms with E-state index in [0.29, 0.717) is 13.0 Å². The lowest BCUT2D eigenvalue weighted by Crippen LogP contribution is -2.28. The third kappa shape index (κ3) is 46.1. The summed E-state index contributed by atoms with van der Waals surface area (Å²) in [5.41, 5.74) is 5.38. The molecule has 0 aromatic rings. The molecule has 344 valence electrons. The van der Waals surface area contributed by atoms with Crippen LogP contribution in [-0.4, -0.2) is 49.9 Å². The van der Waals surface area contributed by atoms with Crippen LogP contribution in [0.3, 0.4) is 0 Å². The van der Waals surface area contributed by atoms with Crippen LogP contribution in [0.4, 0.5) is 0 Å². The van der Waals surface area contributed by atoms with Crippen molar-refractivity contribution >= 4 is 13.8 Å². The molecule has 0 aromatic heterocycles.